The van der Waals surface area contributed by atoms with Gasteiger partial charge in [-0.3, -0.25) is 9.59 Å². The molecule has 2 aromatic rings. The van der Waals surface area contributed by atoms with E-state index in [0.29, 0.717) is 29.2 Å². The van der Waals surface area contributed by atoms with Crippen molar-refractivity contribution in [3.63, 3.8) is 0 Å². The molecule has 0 spiro atoms. The van der Waals surface area contributed by atoms with Gasteiger partial charge in [0, 0.05) is 19.2 Å². The molecule has 1 fully saturated rings. The lowest BCUT2D eigenvalue weighted by Crippen LogP contribution is -2.32. The second-order valence-corrected chi connectivity index (χ2v) is 6.72. The molecule has 2 aromatic carbocycles. The van der Waals surface area contributed by atoms with Crippen molar-refractivity contribution in [2.24, 2.45) is 0 Å². The van der Waals surface area contributed by atoms with Gasteiger partial charge in [0.1, 0.15) is 17.3 Å². The van der Waals surface area contributed by atoms with Gasteiger partial charge in [-0.1, -0.05) is 12.1 Å². The number of aliphatic hydroxyl groups is 1. The molecule has 7 nitrogen and oxygen atoms in total. The molecule has 7 heteroatoms. The Hall–Kier alpha value is -3.32. The highest BCUT2D eigenvalue weighted by atomic mass is 16.5. The predicted octanol–water partition coefficient (Wildman–Crippen LogP) is 3.16. The standard InChI is InChI=1S/C23H25NO6/c1-4-30-17-10-8-15(9-11-17)21(25)19-20(16-6-5-7-18(14-16)29-3)24(12-13-28-2)23(27)22(19)26/h5-11,14,20,25H,4,12-13H2,1-3H3/t20-/m0/s1. The van der Waals surface area contributed by atoms with Crippen molar-refractivity contribution in [1.29, 1.82) is 0 Å². The van der Waals surface area contributed by atoms with E-state index in [0.717, 1.165) is 0 Å². The fourth-order valence-electron chi connectivity index (χ4n) is 3.49. The van der Waals surface area contributed by atoms with E-state index < -0.39 is 17.7 Å². The van der Waals surface area contributed by atoms with E-state index in [4.69, 9.17) is 14.2 Å². The summed E-state index contributed by atoms with van der Waals surface area (Å²) in [6.45, 7) is 2.87. The van der Waals surface area contributed by atoms with Crippen LogP contribution < -0.4 is 9.47 Å². The molecule has 0 aliphatic carbocycles. The van der Waals surface area contributed by atoms with E-state index in [1.54, 1.807) is 55.6 Å². The minimum absolute atomic E-state index is 0.0357. The number of carbonyl (C=O) groups excluding carboxylic acids is 2. The van der Waals surface area contributed by atoms with Crippen molar-refractivity contribution in [2.75, 3.05) is 34.0 Å². The molecule has 158 valence electrons. The number of benzene rings is 2. The normalized spacial score (nSPS) is 18.0. The lowest BCUT2D eigenvalue weighted by molar-refractivity contribution is -0.140. The zero-order chi connectivity index (χ0) is 21.7. The Morgan fingerprint density at radius 1 is 1.07 bits per heavy atom. The lowest BCUT2D eigenvalue weighted by atomic mass is 9.95. The summed E-state index contributed by atoms with van der Waals surface area (Å²) >= 11 is 0. The molecule has 1 heterocycles. The molecule has 30 heavy (non-hydrogen) atoms. The van der Waals surface area contributed by atoms with Crippen LogP contribution in [-0.4, -0.2) is 55.7 Å². The number of rotatable bonds is 8. The third-order valence-corrected chi connectivity index (χ3v) is 4.92. The zero-order valence-electron chi connectivity index (χ0n) is 17.3. The summed E-state index contributed by atoms with van der Waals surface area (Å²) in [7, 11) is 3.07. The molecular formula is C23H25NO6. The Balaban J connectivity index is 2.11. The van der Waals surface area contributed by atoms with Crippen LogP contribution in [0.3, 0.4) is 0 Å². The number of ketones is 1. The average molecular weight is 411 g/mol. The van der Waals surface area contributed by atoms with Gasteiger partial charge in [0.15, 0.2) is 0 Å². The number of carbonyl (C=O) groups is 2. The first-order valence-electron chi connectivity index (χ1n) is 9.66. The third kappa shape index (κ3) is 4.16. The van der Waals surface area contributed by atoms with Crippen LogP contribution in [0.15, 0.2) is 54.1 Å². The Kier molecular flexibility index (Phi) is 6.74. The molecule has 1 atom stereocenters. The van der Waals surface area contributed by atoms with Crippen molar-refractivity contribution >= 4 is 17.4 Å². The molecule has 0 aromatic heterocycles. The van der Waals surface area contributed by atoms with Crippen molar-refractivity contribution in [3.8, 4) is 11.5 Å². The second-order valence-electron chi connectivity index (χ2n) is 6.72. The van der Waals surface area contributed by atoms with Crippen LogP contribution in [0.1, 0.15) is 24.1 Å². The summed E-state index contributed by atoms with van der Waals surface area (Å²) in [5.41, 5.74) is 1.13. The zero-order valence-corrected chi connectivity index (χ0v) is 17.3. The van der Waals surface area contributed by atoms with Crippen molar-refractivity contribution in [3.05, 3.63) is 65.2 Å². The van der Waals surface area contributed by atoms with E-state index in [1.807, 2.05) is 6.92 Å². The van der Waals surface area contributed by atoms with Gasteiger partial charge in [-0.2, -0.15) is 0 Å². The maximum atomic E-state index is 12.9. The molecule has 1 amide bonds. The molecule has 0 saturated carbocycles. The molecule has 1 saturated heterocycles. The number of methoxy groups -OCH3 is 2. The Morgan fingerprint density at radius 3 is 2.43 bits per heavy atom. The summed E-state index contributed by atoms with van der Waals surface area (Å²) in [5.74, 6) is -0.397. The van der Waals surface area contributed by atoms with Crippen molar-refractivity contribution in [1.82, 2.24) is 4.90 Å². The lowest BCUT2D eigenvalue weighted by Gasteiger charge is -2.25. The molecule has 0 radical (unpaired) electrons. The van der Waals surface area contributed by atoms with Gasteiger partial charge < -0.3 is 24.2 Å². The van der Waals surface area contributed by atoms with Gasteiger partial charge in [-0.05, 0) is 48.9 Å². The third-order valence-electron chi connectivity index (χ3n) is 4.92. The van der Waals surface area contributed by atoms with Gasteiger partial charge in [0.2, 0.25) is 0 Å². The maximum Gasteiger partial charge on any atom is 0.295 e. The Bertz CT molecular complexity index is 950. The first-order chi connectivity index (χ1) is 14.5. The average Bonchev–Trinajstić information content (AvgIpc) is 3.02. The van der Waals surface area contributed by atoms with Gasteiger partial charge >= 0.3 is 0 Å². The van der Waals surface area contributed by atoms with Gasteiger partial charge in [-0.15, -0.1) is 0 Å². The van der Waals surface area contributed by atoms with Crippen LogP contribution in [0.2, 0.25) is 0 Å². The summed E-state index contributed by atoms with van der Waals surface area (Å²) < 4.78 is 15.8. The van der Waals surface area contributed by atoms with Gasteiger partial charge in [0.25, 0.3) is 11.7 Å². The number of likely N-dealkylation sites (tertiary alicyclic amines) is 1. The van der Waals surface area contributed by atoms with Crippen LogP contribution in [0.5, 0.6) is 11.5 Å². The highest BCUT2D eigenvalue weighted by Gasteiger charge is 2.45. The summed E-state index contributed by atoms with van der Waals surface area (Å²) in [6, 6.07) is 13.1. The fourth-order valence-corrected chi connectivity index (χ4v) is 3.49. The highest BCUT2D eigenvalue weighted by Crippen LogP contribution is 2.40. The monoisotopic (exact) mass is 411 g/mol. The summed E-state index contributed by atoms with van der Waals surface area (Å²) in [5, 5.41) is 11.0. The van der Waals surface area contributed by atoms with Gasteiger partial charge in [-0.25, -0.2) is 0 Å². The molecule has 1 N–H and O–H groups in total. The van der Waals surface area contributed by atoms with E-state index >= 15 is 0 Å². The summed E-state index contributed by atoms with van der Waals surface area (Å²) in [6.07, 6.45) is 0. The Morgan fingerprint density at radius 2 is 1.80 bits per heavy atom. The SMILES string of the molecule is CCOc1ccc(C(O)=C2C(=O)C(=O)N(CCOC)[C@H]2c2cccc(OC)c2)cc1. The topological polar surface area (TPSA) is 85.3 Å². The maximum absolute atomic E-state index is 12.9. The molecule has 0 unspecified atom stereocenters. The van der Waals surface area contributed by atoms with Crippen molar-refractivity contribution in [2.45, 2.75) is 13.0 Å². The number of amides is 1. The first kappa shape index (κ1) is 21.4. The van der Waals surface area contributed by atoms with E-state index in [2.05, 4.69) is 0 Å². The molecule has 0 bridgehead atoms. The number of Topliss-reactive ketones (excluding diaryl/α,β-unsaturated/α-hetero) is 1. The van der Waals surface area contributed by atoms with Gasteiger partial charge in [0.05, 0.1) is 31.9 Å². The minimum Gasteiger partial charge on any atom is -0.507 e. The molecule has 3 rings (SSSR count). The van der Waals surface area contributed by atoms with E-state index in [1.165, 1.54) is 12.0 Å². The fraction of sp³-hybridized carbons (Fsp3) is 0.304. The van der Waals surface area contributed by atoms with Crippen LogP contribution in [0.4, 0.5) is 0 Å². The quantitative estimate of drug-likeness (QED) is 0.408. The van der Waals surface area contributed by atoms with Crippen LogP contribution in [0.25, 0.3) is 5.76 Å². The van der Waals surface area contributed by atoms with Crippen molar-refractivity contribution < 1.29 is 28.9 Å². The Labute approximate surface area is 175 Å². The largest absolute Gasteiger partial charge is 0.507 e. The number of aliphatic hydroxyl groups excluding tert-OH is 1. The second kappa shape index (κ2) is 9.45. The molecule has 1 aliphatic rings. The predicted molar refractivity (Wildman–Crippen MR) is 111 cm³/mol. The van der Waals surface area contributed by atoms with E-state index in [9.17, 15) is 14.7 Å². The smallest absolute Gasteiger partial charge is 0.295 e. The molecular weight excluding hydrogens is 386 g/mol. The van der Waals surface area contributed by atoms with Crippen LogP contribution in [0, 0.1) is 0 Å². The summed E-state index contributed by atoms with van der Waals surface area (Å²) in [4.78, 5) is 27.1. The van der Waals surface area contributed by atoms with E-state index in [-0.39, 0.29) is 24.5 Å². The number of ether oxygens (including phenoxy) is 3. The highest BCUT2D eigenvalue weighted by molar-refractivity contribution is 6.46. The number of hydrogen-bond donors (Lipinski definition) is 1. The van der Waals surface area contributed by atoms with Crippen LogP contribution >= 0.6 is 0 Å². The first-order valence-corrected chi connectivity index (χ1v) is 9.66. The number of nitrogens with zero attached hydrogens (tertiary/aromatic N) is 1. The number of hydrogen-bond acceptors (Lipinski definition) is 6. The van der Waals surface area contributed by atoms with Crippen LogP contribution in [-0.2, 0) is 14.3 Å². The minimum atomic E-state index is -0.748. The molecule has 1 aliphatic heterocycles.